The van der Waals surface area contributed by atoms with Gasteiger partial charge >= 0.3 is 0 Å². The highest BCUT2D eigenvalue weighted by molar-refractivity contribution is 5.19. The van der Waals surface area contributed by atoms with E-state index in [1.807, 2.05) is 13.8 Å². The minimum Gasteiger partial charge on any atom is -0.0885 e. The number of allylic oxidation sites excluding steroid dienone is 2. The molecule has 0 bridgehead atoms. The predicted octanol–water partition coefficient (Wildman–Crippen LogP) is 5.84. The van der Waals surface area contributed by atoms with E-state index in [1.165, 1.54) is 43.2 Å². The first-order valence-corrected chi connectivity index (χ1v) is 6.97. The van der Waals surface area contributed by atoms with Crippen LogP contribution >= 0.6 is 0 Å². The molecule has 1 aromatic rings. The van der Waals surface area contributed by atoms with Gasteiger partial charge in [0.05, 0.1) is 0 Å². The molecule has 1 aliphatic rings. The highest BCUT2D eigenvalue weighted by Crippen LogP contribution is 2.08. The minimum absolute atomic E-state index is 1.32. The molecule has 0 radical (unpaired) electrons. The van der Waals surface area contributed by atoms with Gasteiger partial charge in [0.15, 0.2) is 0 Å². The number of benzene rings is 1. The summed E-state index contributed by atoms with van der Waals surface area (Å²) in [6, 6.07) is 8.48. The molecule has 0 nitrogen and oxygen atoms in total. The average Bonchev–Trinajstić information content (AvgIpc) is 2.68. The van der Waals surface area contributed by atoms with Crippen molar-refractivity contribution in [3.63, 3.8) is 0 Å². The molecule has 0 saturated carbocycles. The molecule has 0 saturated heterocycles. The Labute approximate surface area is 108 Å². The summed E-state index contributed by atoms with van der Waals surface area (Å²) in [6.45, 7) is 8.19. The molecule has 0 N–H and O–H groups in total. The van der Waals surface area contributed by atoms with Gasteiger partial charge < -0.3 is 0 Å². The third-order valence-electron chi connectivity index (χ3n) is 2.63. The first-order chi connectivity index (χ1) is 8.29. The fraction of sp³-hybridized carbons (Fsp3) is 0.529. The van der Waals surface area contributed by atoms with Gasteiger partial charge in [-0.05, 0) is 39.5 Å². The molecule has 0 unspecified atom stereocenters. The normalized spacial score (nSPS) is 13.6. The molecule has 0 heterocycles. The molecular weight excluding hydrogens is 204 g/mol. The fourth-order valence-corrected chi connectivity index (χ4v) is 1.57. The second-order valence-electron chi connectivity index (χ2n) is 4.26. The van der Waals surface area contributed by atoms with Crippen molar-refractivity contribution < 1.29 is 0 Å². The number of rotatable bonds is 0. The van der Waals surface area contributed by atoms with E-state index in [2.05, 4.69) is 50.3 Å². The van der Waals surface area contributed by atoms with E-state index in [0.29, 0.717) is 0 Å². The highest BCUT2D eigenvalue weighted by atomic mass is 13.9. The Hall–Kier alpha value is -1.04. The molecule has 17 heavy (non-hydrogen) atoms. The summed E-state index contributed by atoms with van der Waals surface area (Å²) in [5.74, 6) is 0. The van der Waals surface area contributed by atoms with Gasteiger partial charge in [0.1, 0.15) is 0 Å². The maximum atomic E-state index is 2.30. The van der Waals surface area contributed by atoms with E-state index in [9.17, 15) is 0 Å². The van der Waals surface area contributed by atoms with Crippen molar-refractivity contribution in [2.45, 2.75) is 59.8 Å². The van der Waals surface area contributed by atoms with Crippen LogP contribution in [0.4, 0.5) is 0 Å². The van der Waals surface area contributed by atoms with Crippen molar-refractivity contribution in [2.24, 2.45) is 0 Å². The second kappa shape index (κ2) is 11.4. The molecule has 0 aliphatic heterocycles. The van der Waals surface area contributed by atoms with E-state index in [1.54, 1.807) is 0 Å². The van der Waals surface area contributed by atoms with Gasteiger partial charge in [0.25, 0.3) is 0 Å². The summed E-state index contributed by atoms with van der Waals surface area (Å²) in [5, 5.41) is 0. The van der Waals surface area contributed by atoms with E-state index in [-0.39, 0.29) is 0 Å². The van der Waals surface area contributed by atoms with E-state index in [0.717, 1.165) is 0 Å². The van der Waals surface area contributed by atoms with Gasteiger partial charge in [-0.1, -0.05) is 67.8 Å². The zero-order valence-corrected chi connectivity index (χ0v) is 12.0. The van der Waals surface area contributed by atoms with Crippen LogP contribution in [-0.2, 0) is 0 Å². The van der Waals surface area contributed by atoms with Crippen LogP contribution in [0.25, 0.3) is 0 Å². The van der Waals surface area contributed by atoms with Crippen molar-refractivity contribution in [1.29, 1.82) is 0 Å². The van der Waals surface area contributed by atoms with Gasteiger partial charge in [0.2, 0.25) is 0 Å². The number of aryl methyl sites for hydroxylation is 2. The summed E-state index contributed by atoms with van der Waals surface area (Å²) in [6.07, 6.45) is 11.5. The Morgan fingerprint density at radius 3 is 1.35 bits per heavy atom. The Morgan fingerprint density at radius 2 is 1.00 bits per heavy atom. The molecule has 96 valence electrons. The molecule has 0 atom stereocenters. The standard InChI is InChI=1S/C8H10.C7H12.C2H6/c1-7-3-5-8(2)6-4-7;1-2-4-6-7-5-3-1;1-2/h3-6H,1-2H3;1-2H,3-7H2;1-2H3. The first-order valence-electron chi connectivity index (χ1n) is 6.97. The smallest absolute Gasteiger partial charge is 0.0351 e. The maximum Gasteiger partial charge on any atom is -0.0351 e. The van der Waals surface area contributed by atoms with Crippen LogP contribution in [0.5, 0.6) is 0 Å². The Balaban J connectivity index is 0.000000265. The van der Waals surface area contributed by atoms with Gasteiger partial charge in [-0.3, -0.25) is 0 Å². The van der Waals surface area contributed by atoms with Crippen LogP contribution in [0.15, 0.2) is 36.4 Å². The number of hydrogen-bond acceptors (Lipinski definition) is 0. The molecule has 0 spiro atoms. The van der Waals surface area contributed by atoms with Gasteiger partial charge in [-0.15, -0.1) is 0 Å². The largest absolute Gasteiger partial charge is 0.0885 e. The minimum atomic E-state index is 1.32. The molecule has 0 amide bonds. The lowest BCUT2D eigenvalue weighted by atomic mass is 10.2. The van der Waals surface area contributed by atoms with Gasteiger partial charge in [-0.2, -0.15) is 0 Å². The Kier molecular flexibility index (Phi) is 10.7. The predicted molar refractivity (Wildman–Crippen MR) is 79.5 cm³/mol. The Morgan fingerprint density at radius 1 is 0.647 bits per heavy atom. The molecule has 0 aromatic heterocycles. The lowest BCUT2D eigenvalue weighted by Gasteiger charge is -1.90. The maximum absolute atomic E-state index is 2.30. The summed E-state index contributed by atoms with van der Waals surface area (Å²) in [7, 11) is 0. The zero-order valence-electron chi connectivity index (χ0n) is 12.0. The van der Waals surface area contributed by atoms with Gasteiger partial charge in [-0.25, -0.2) is 0 Å². The quantitative estimate of drug-likeness (QED) is 0.493. The second-order valence-corrected chi connectivity index (χ2v) is 4.26. The third kappa shape index (κ3) is 9.86. The SMILES string of the molecule is C1=CCCCCC1.CC.Cc1ccc(C)cc1. The zero-order chi connectivity index (χ0) is 12.9. The van der Waals surface area contributed by atoms with E-state index >= 15 is 0 Å². The molecular formula is C17H28. The van der Waals surface area contributed by atoms with Crippen LogP contribution in [0.1, 0.15) is 57.1 Å². The monoisotopic (exact) mass is 232 g/mol. The van der Waals surface area contributed by atoms with Crippen molar-refractivity contribution in [1.82, 2.24) is 0 Å². The van der Waals surface area contributed by atoms with Gasteiger partial charge in [0, 0.05) is 0 Å². The van der Waals surface area contributed by atoms with Crippen molar-refractivity contribution in [2.75, 3.05) is 0 Å². The van der Waals surface area contributed by atoms with Crippen LogP contribution in [0.2, 0.25) is 0 Å². The van der Waals surface area contributed by atoms with E-state index < -0.39 is 0 Å². The molecule has 0 fully saturated rings. The van der Waals surface area contributed by atoms with Crippen LogP contribution in [-0.4, -0.2) is 0 Å². The first kappa shape index (κ1) is 16.0. The molecule has 0 heteroatoms. The van der Waals surface area contributed by atoms with Crippen LogP contribution in [0, 0.1) is 13.8 Å². The molecule has 2 rings (SSSR count). The fourth-order valence-electron chi connectivity index (χ4n) is 1.57. The summed E-state index contributed by atoms with van der Waals surface area (Å²) in [5.41, 5.74) is 2.66. The van der Waals surface area contributed by atoms with Crippen molar-refractivity contribution >= 4 is 0 Å². The summed E-state index contributed by atoms with van der Waals surface area (Å²) in [4.78, 5) is 0. The van der Waals surface area contributed by atoms with Crippen LogP contribution in [0.3, 0.4) is 0 Å². The highest BCUT2D eigenvalue weighted by Gasteiger charge is 1.88. The Bertz CT molecular complexity index is 250. The average molecular weight is 232 g/mol. The lowest BCUT2D eigenvalue weighted by molar-refractivity contribution is 0.718. The third-order valence-corrected chi connectivity index (χ3v) is 2.63. The van der Waals surface area contributed by atoms with Crippen molar-refractivity contribution in [3.8, 4) is 0 Å². The summed E-state index contributed by atoms with van der Waals surface area (Å²) < 4.78 is 0. The number of hydrogen-bond donors (Lipinski definition) is 0. The topological polar surface area (TPSA) is 0 Å². The molecule has 1 aromatic carbocycles. The van der Waals surface area contributed by atoms with E-state index in [4.69, 9.17) is 0 Å². The molecule has 1 aliphatic carbocycles. The van der Waals surface area contributed by atoms with Crippen molar-refractivity contribution in [3.05, 3.63) is 47.5 Å². The lowest BCUT2D eigenvalue weighted by Crippen LogP contribution is -1.70. The summed E-state index contributed by atoms with van der Waals surface area (Å²) >= 11 is 0. The van der Waals surface area contributed by atoms with Crippen LogP contribution < -0.4 is 0 Å².